The van der Waals surface area contributed by atoms with Crippen LogP contribution in [0.4, 0.5) is 8.78 Å². The van der Waals surface area contributed by atoms with Gasteiger partial charge in [0.1, 0.15) is 0 Å². The number of halogens is 2. The Morgan fingerprint density at radius 3 is 2.54 bits per heavy atom. The molecule has 0 fully saturated rings. The minimum atomic E-state index is -3.95. The van der Waals surface area contributed by atoms with Crippen LogP contribution in [0, 0.1) is 11.6 Å². The van der Waals surface area contributed by atoms with Crippen LogP contribution in [-0.2, 0) is 16.4 Å². The second-order valence-electron chi connectivity index (χ2n) is 4.98. The maximum atomic E-state index is 13.2. The molecule has 6 nitrogen and oxygen atoms in total. The summed E-state index contributed by atoms with van der Waals surface area (Å²) >= 11 is 0. The quantitative estimate of drug-likeness (QED) is 0.777. The highest BCUT2D eigenvalue weighted by Gasteiger charge is 2.19. The molecule has 3 aromatic rings. The molecule has 0 bridgehead atoms. The molecule has 0 aliphatic heterocycles. The largest absolute Gasteiger partial charge is 0.339 e. The number of primary sulfonamides is 1. The summed E-state index contributed by atoms with van der Waals surface area (Å²) in [5.74, 6) is -1.77. The first kappa shape index (κ1) is 16.2. The molecule has 124 valence electrons. The summed E-state index contributed by atoms with van der Waals surface area (Å²) in [6, 6.07) is 9.36. The number of rotatable bonds is 4. The second-order valence-corrected chi connectivity index (χ2v) is 6.51. The summed E-state index contributed by atoms with van der Waals surface area (Å²) < 4.78 is 54.4. The molecule has 0 atom stereocenters. The van der Waals surface area contributed by atoms with Crippen LogP contribution in [0.1, 0.15) is 11.5 Å². The molecule has 0 aliphatic carbocycles. The van der Waals surface area contributed by atoms with Crippen LogP contribution >= 0.6 is 0 Å². The van der Waals surface area contributed by atoms with Gasteiger partial charge in [0.15, 0.2) is 11.6 Å². The molecular weight excluding hydrogens is 340 g/mol. The van der Waals surface area contributed by atoms with Crippen molar-refractivity contribution >= 4 is 10.0 Å². The summed E-state index contributed by atoms with van der Waals surface area (Å²) in [6.07, 6.45) is 0.0712. The molecular formula is C15H11F2N3O3S. The first-order chi connectivity index (χ1) is 11.3. The van der Waals surface area contributed by atoms with Crippen molar-refractivity contribution in [1.82, 2.24) is 10.1 Å². The van der Waals surface area contributed by atoms with Crippen LogP contribution in [-0.4, -0.2) is 18.6 Å². The average Bonchev–Trinajstić information content (AvgIpc) is 2.98. The van der Waals surface area contributed by atoms with Gasteiger partial charge < -0.3 is 4.52 Å². The van der Waals surface area contributed by atoms with Crippen LogP contribution in [0.15, 0.2) is 51.9 Å². The summed E-state index contributed by atoms with van der Waals surface area (Å²) in [7, 11) is -3.95. The van der Waals surface area contributed by atoms with Gasteiger partial charge >= 0.3 is 0 Å². The third-order valence-electron chi connectivity index (χ3n) is 3.24. The lowest BCUT2D eigenvalue weighted by molar-refractivity contribution is 0.385. The minimum absolute atomic E-state index is 0.0391. The van der Waals surface area contributed by atoms with E-state index in [1.54, 1.807) is 6.07 Å². The number of hydrogen-bond donors (Lipinski definition) is 1. The van der Waals surface area contributed by atoms with E-state index >= 15 is 0 Å². The zero-order valence-corrected chi connectivity index (χ0v) is 12.9. The third kappa shape index (κ3) is 3.31. The van der Waals surface area contributed by atoms with Gasteiger partial charge in [-0.25, -0.2) is 22.3 Å². The zero-order chi connectivity index (χ0) is 17.3. The predicted molar refractivity (Wildman–Crippen MR) is 80.3 cm³/mol. The lowest BCUT2D eigenvalue weighted by Crippen LogP contribution is -2.13. The van der Waals surface area contributed by atoms with Crippen molar-refractivity contribution in [3.63, 3.8) is 0 Å². The highest BCUT2D eigenvalue weighted by Crippen LogP contribution is 2.24. The Morgan fingerprint density at radius 2 is 1.83 bits per heavy atom. The zero-order valence-electron chi connectivity index (χ0n) is 12.1. The summed E-state index contributed by atoms with van der Waals surface area (Å²) in [5.41, 5.74) is 0.629. The van der Waals surface area contributed by atoms with E-state index in [1.807, 2.05) is 0 Å². The summed E-state index contributed by atoms with van der Waals surface area (Å²) in [4.78, 5) is 3.95. The first-order valence-electron chi connectivity index (χ1n) is 6.73. The van der Waals surface area contributed by atoms with Crippen LogP contribution < -0.4 is 5.14 Å². The topological polar surface area (TPSA) is 99.1 Å². The molecule has 1 aromatic heterocycles. The molecule has 0 spiro atoms. The maximum Gasteiger partial charge on any atom is 0.238 e. The molecule has 1 heterocycles. The van der Waals surface area contributed by atoms with Gasteiger partial charge in [0.25, 0.3) is 0 Å². The molecule has 0 unspecified atom stereocenters. The molecule has 2 N–H and O–H groups in total. The smallest absolute Gasteiger partial charge is 0.238 e. The highest BCUT2D eigenvalue weighted by atomic mass is 32.2. The number of nitrogens with two attached hydrogens (primary N) is 1. The van der Waals surface area contributed by atoms with E-state index < -0.39 is 21.7 Å². The number of aromatic nitrogens is 2. The normalized spacial score (nSPS) is 11.6. The molecule has 0 amide bonds. The maximum absolute atomic E-state index is 13.2. The van der Waals surface area contributed by atoms with Crippen LogP contribution in [0.3, 0.4) is 0 Å². The van der Waals surface area contributed by atoms with Gasteiger partial charge in [0, 0.05) is 5.56 Å². The van der Waals surface area contributed by atoms with Crippen LogP contribution in [0.25, 0.3) is 11.4 Å². The number of nitrogens with zero attached hydrogens (tertiary/aromatic N) is 2. The molecule has 3 rings (SSSR count). The van der Waals surface area contributed by atoms with Crippen molar-refractivity contribution in [2.45, 2.75) is 11.3 Å². The lowest BCUT2D eigenvalue weighted by atomic mass is 10.1. The van der Waals surface area contributed by atoms with Crippen molar-refractivity contribution in [1.29, 1.82) is 0 Å². The fourth-order valence-electron chi connectivity index (χ4n) is 2.16. The first-order valence-corrected chi connectivity index (χ1v) is 8.28. The van der Waals surface area contributed by atoms with Gasteiger partial charge in [-0.05, 0) is 29.8 Å². The van der Waals surface area contributed by atoms with E-state index in [0.717, 1.165) is 12.1 Å². The van der Waals surface area contributed by atoms with Crippen LogP contribution in [0.2, 0.25) is 0 Å². The SMILES string of the molecule is NS(=O)(=O)c1ccccc1-c1noc(Cc2ccc(F)c(F)c2)n1. The predicted octanol–water partition coefficient (Wildman–Crippen LogP) is 2.25. The minimum Gasteiger partial charge on any atom is -0.339 e. The molecule has 0 saturated heterocycles. The van der Waals surface area contributed by atoms with E-state index in [0.29, 0.717) is 5.56 Å². The Morgan fingerprint density at radius 1 is 1.08 bits per heavy atom. The van der Waals surface area contributed by atoms with Gasteiger partial charge in [-0.15, -0.1) is 0 Å². The second kappa shape index (κ2) is 6.10. The standard InChI is InChI=1S/C15H11F2N3O3S/c16-11-6-5-9(7-12(11)17)8-14-19-15(20-23-14)10-3-1-2-4-13(10)24(18,21)22/h1-7H,8H2,(H2,18,21,22). The average molecular weight is 351 g/mol. The Bertz CT molecular complexity index is 1000. The van der Waals surface area contributed by atoms with Crippen molar-refractivity contribution in [2.24, 2.45) is 5.14 Å². The molecule has 2 aromatic carbocycles. The number of benzene rings is 2. The highest BCUT2D eigenvalue weighted by molar-refractivity contribution is 7.89. The number of hydrogen-bond acceptors (Lipinski definition) is 5. The molecule has 9 heteroatoms. The summed E-state index contributed by atoms with van der Waals surface area (Å²) in [5, 5.41) is 8.89. The summed E-state index contributed by atoms with van der Waals surface area (Å²) in [6.45, 7) is 0. The van der Waals surface area contributed by atoms with E-state index in [1.165, 1.54) is 24.3 Å². The Kier molecular flexibility index (Phi) is 4.12. The molecule has 0 aliphatic rings. The Labute approximate surface area is 136 Å². The fourth-order valence-corrected chi connectivity index (χ4v) is 2.89. The van der Waals surface area contributed by atoms with E-state index in [9.17, 15) is 17.2 Å². The third-order valence-corrected chi connectivity index (χ3v) is 4.21. The molecule has 0 radical (unpaired) electrons. The van der Waals surface area contributed by atoms with Crippen molar-refractivity contribution in [3.05, 3.63) is 65.6 Å². The van der Waals surface area contributed by atoms with Crippen molar-refractivity contribution in [2.75, 3.05) is 0 Å². The Balaban J connectivity index is 1.93. The van der Waals surface area contributed by atoms with E-state index in [-0.39, 0.29) is 28.6 Å². The van der Waals surface area contributed by atoms with Crippen molar-refractivity contribution in [3.8, 4) is 11.4 Å². The van der Waals surface area contributed by atoms with Crippen molar-refractivity contribution < 1.29 is 21.7 Å². The van der Waals surface area contributed by atoms with E-state index in [2.05, 4.69) is 10.1 Å². The molecule has 0 saturated carbocycles. The van der Waals surface area contributed by atoms with E-state index in [4.69, 9.17) is 9.66 Å². The monoisotopic (exact) mass is 351 g/mol. The van der Waals surface area contributed by atoms with Gasteiger partial charge in [0.2, 0.25) is 21.7 Å². The van der Waals surface area contributed by atoms with Crippen LogP contribution in [0.5, 0.6) is 0 Å². The Hall–Kier alpha value is -2.65. The van der Waals surface area contributed by atoms with Gasteiger partial charge in [-0.2, -0.15) is 4.98 Å². The van der Waals surface area contributed by atoms with Gasteiger partial charge in [-0.1, -0.05) is 23.4 Å². The van der Waals surface area contributed by atoms with Gasteiger partial charge in [-0.3, -0.25) is 0 Å². The lowest BCUT2D eigenvalue weighted by Gasteiger charge is -2.02. The van der Waals surface area contributed by atoms with Gasteiger partial charge in [0.05, 0.1) is 11.3 Å². The number of sulfonamides is 1. The fraction of sp³-hybridized carbons (Fsp3) is 0.0667. The molecule has 24 heavy (non-hydrogen) atoms.